The Bertz CT molecular complexity index is 1670. The molecule has 208 valence electrons. The van der Waals surface area contributed by atoms with E-state index in [0.717, 1.165) is 18.9 Å². The number of fused-ring (bicyclic) bond motifs is 1. The van der Waals surface area contributed by atoms with Crippen LogP contribution in [-0.2, 0) is 18.8 Å². The molecule has 0 bridgehead atoms. The summed E-state index contributed by atoms with van der Waals surface area (Å²) in [5.41, 5.74) is 1.95. The summed E-state index contributed by atoms with van der Waals surface area (Å²) in [6.45, 7) is 7.27. The minimum Gasteiger partial charge on any atom is -0.494 e. The van der Waals surface area contributed by atoms with Crippen LogP contribution in [0.1, 0.15) is 6.92 Å². The van der Waals surface area contributed by atoms with Gasteiger partial charge in [0, 0.05) is 33.3 Å². The monoisotopic (exact) mass is 545 g/mol. The molecule has 14 heteroatoms. The molecule has 0 amide bonds. The van der Waals surface area contributed by atoms with Crippen LogP contribution in [0.15, 0.2) is 58.6 Å². The van der Waals surface area contributed by atoms with Crippen LogP contribution in [0.2, 0.25) is 0 Å². The SMILES string of the molecule is C=C/C(=N\C(=C/C)Nc1cc(Nc2cccc(-c3nnn(C)n3)c2OC)c2c(=O)n(C)[nH]c2n1)N1CC(OC)C1. The zero-order chi connectivity index (χ0) is 28.4. The highest BCUT2D eigenvalue weighted by molar-refractivity contribution is 5.95. The maximum absolute atomic E-state index is 13.0. The van der Waals surface area contributed by atoms with E-state index in [4.69, 9.17) is 14.5 Å². The van der Waals surface area contributed by atoms with Crippen molar-refractivity contribution >= 4 is 34.1 Å². The number of aromatic nitrogens is 7. The number of rotatable bonds is 9. The third-order valence-electron chi connectivity index (χ3n) is 6.50. The molecule has 14 nitrogen and oxygen atoms in total. The maximum atomic E-state index is 13.0. The van der Waals surface area contributed by atoms with Gasteiger partial charge in [-0.1, -0.05) is 12.6 Å². The molecule has 0 unspecified atom stereocenters. The summed E-state index contributed by atoms with van der Waals surface area (Å²) in [6, 6.07) is 7.28. The van der Waals surface area contributed by atoms with Crippen molar-refractivity contribution in [2.45, 2.75) is 13.0 Å². The van der Waals surface area contributed by atoms with Gasteiger partial charge in [0.25, 0.3) is 5.56 Å². The number of nitrogens with one attached hydrogen (secondary N) is 3. The van der Waals surface area contributed by atoms with Crippen LogP contribution in [0.5, 0.6) is 5.75 Å². The highest BCUT2D eigenvalue weighted by Gasteiger charge is 2.28. The van der Waals surface area contributed by atoms with Gasteiger partial charge in [0.15, 0.2) is 11.4 Å². The van der Waals surface area contributed by atoms with E-state index in [1.807, 2.05) is 31.2 Å². The number of benzene rings is 1. The summed E-state index contributed by atoms with van der Waals surface area (Å²) < 4.78 is 12.5. The molecule has 0 spiro atoms. The molecule has 40 heavy (non-hydrogen) atoms. The van der Waals surface area contributed by atoms with Crippen LogP contribution in [-0.4, -0.2) is 79.1 Å². The molecule has 1 aromatic carbocycles. The highest BCUT2D eigenvalue weighted by Crippen LogP contribution is 2.37. The van der Waals surface area contributed by atoms with E-state index in [1.54, 1.807) is 40.5 Å². The topological polar surface area (TPSA) is 152 Å². The smallest absolute Gasteiger partial charge is 0.277 e. The largest absolute Gasteiger partial charge is 0.494 e. The summed E-state index contributed by atoms with van der Waals surface area (Å²) in [5.74, 6) is 2.68. The molecule has 0 radical (unpaired) electrons. The molecule has 3 N–H and O–H groups in total. The van der Waals surface area contributed by atoms with Gasteiger partial charge in [-0.15, -0.1) is 10.2 Å². The van der Waals surface area contributed by atoms with E-state index in [0.29, 0.717) is 51.2 Å². The number of H-pyrrole nitrogens is 1. The van der Waals surface area contributed by atoms with E-state index in [9.17, 15) is 4.79 Å². The Balaban J connectivity index is 1.51. The highest BCUT2D eigenvalue weighted by atomic mass is 16.5. The number of aliphatic imine (C=N–C) groups is 1. The third kappa shape index (κ3) is 5.03. The van der Waals surface area contributed by atoms with Crippen molar-refractivity contribution in [2.24, 2.45) is 19.1 Å². The van der Waals surface area contributed by atoms with Crippen LogP contribution in [0, 0.1) is 0 Å². The van der Waals surface area contributed by atoms with Crippen LogP contribution in [0.4, 0.5) is 17.2 Å². The number of tetrazole rings is 1. The number of aryl methyl sites for hydroxylation is 2. The lowest BCUT2D eigenvalue weighted by molar-refractivity contribution is 0.00628. The Morgan fingerprint density at radius 3 is 2.70 bits per heavy atom. The minimum atomic E-state index is -0.231. The lowest BCUT2D eigenvalue weighted by atomic mass is 10.1. The summed E-state index contributed by atoms with van der Waals surface area (Å²) in [6.07, 6.45) is 3.73. The number of pyridine rings is 1. The molecule has 0 saturated carbocycles. The predicted octanol–water partition coefficient (Wildman–Crippen LogP) is 2.39. The third-order valence-corrected chi connectivity index (χ3v) is 6.50. The summed E-state index contributed by atoms with van der Waals surface area (Å²) in [5, 5.41) is 22.3. The van der Waals surface area contributed by atoms with Gasteiger partial charge in [0.1, 0.15) is 22.9 Å². The average molecular weight is 546 g/mol. The average Bonchev–Trinajstić information content (AvgIpc) is 3.48. The molecule has 0 aliphatic carbocycles. The van der Waals surface area contributed by atoms with E-state index in [2.05, 4.69) is 47.6 Å². The van der Waals surface area contributed by atoms with Gasteiger partial charge >= 0.3 is 0 Å². The normalized spacial score (nSPS) is 14.4. The fraction of sp³-hybridized carbons (Fsp3) is 0.308. The first-order valence-corrected chi connectivity index (χ1v) is 12.6. The van der Waals surface area contributed by atoms with E-state index in [1.165, 1.54) is 9.48 Å². The summed E-state index contributed by atoms with van der Waals surface area (Å²) >= 11 is 0. The Kier molecular flexibility index (Phi) is 7.33. The van der Waals surface area contributed by atoms with Crippen LogP contribution < -0.4 is 20.9 Å². The standard InChI is InChI=1S/C26H31N11O3/c1-7-19(29-21(8-2)37-13-15(14-37)39-5)28-20-12-18(22-25(30-20)32-35(3)26(22)38)27-17-11-9-10-16(23(17)40-6)24-31-34-36(4)33-24/h7-12,15H,2,13-14H2,1,3-6H3,(H3,27,28,30,32)/b19-7-,29-21+. The molecule has 1 saturated heterocycles. The number of allylic oxidation sites excluding steroid dienone is 1. The van der Waals surface area contributed by atoms with E-state index < -0.39 is 0 Å². The van der Waals surface area contributed by atoms with Crippen LogP contribution in [0.25, 0.3) is 22.4 Å². The molecule has 3 aromatic heterocycles. The Hall–Kier alpha value is -4.98. The molecule has 5 rings (SSSR count). The zero-order valence-electron chi connectivity index (χ0n) is 23.0. The number of aromatic amines is 1. The zero-order valence-corrected chi connectivity index (χ0v) is 23.0. The molecule has 1 aliphatic rings. The number of methoxy groups -OCH3 is 2. The molecule has 1 aliphatic heterocycles. The fourth-order valence-electron chi connectivity index (χ4n) is 4.39. The number of likely N-dealkylation sites (tertiary alicyclic amines) is 1. The molecule has 4 heterocycles. The van der Waals surface area contributed by atoms with Gasteiger partial charge in [0.2, 0.25) is 5.82 Å². The fourth-order valence-corrected chi connectivity index (χ4v) is 4.39. The van der Waals surface area contributed by atoms with Gasteiger partial charge < -0.3 is 25.0 Å². The first-order valence-electron chi connectivity index (χ1n) is 12.6. The lowest BCUT2D eigenvalue weighted by Gasteiger charge is -2.39. The van der Waals surface area contributed by atoms with Gasteiger partial charge in [-0.05, 0) is 36.4 Å². The van der Waals surface area contributed by atoms with Gasteiger partial charge in [0.05, 0.1) is 37.2 Å². The van der Waals surface area contributed by atoms with Crippen molar-refractivity contribution < 1.29 is 9.47 Å². The van der Waals surface area contributed by atoms with Crippen molar-refractivity contribution in [3.63, 3.8) is 0 Å². The molecular weight excluding hydrogens is 514 g/mol. The Labute approximate surface area is 230 Å². The minimum absolute atomic E-state index is 0.181. The lowest BCUT2D eigenvalue weighted by Crippen LogP contribution is -2.54. The second-order valence-corrected chi connectivity index (χ2v) is 9.10. The predicted molar refractivity (Wildman–Crippen MR) is 153 cm³/mol. The van der Waals surface area contributed by atoms with E-state index in [-0.39, 0.29) is 11.7 Å². The number of anilines is 3. The summed E-state index contributed by atoms with van der Waals surface area (Å²) in [7, 11) is 6.59. The van der Waals surface area contributed by atoms with Gasteiger partial charge in [-0.3, -0.25) is 14.6 Å². The Morgan fingerprint density at radius 1 is 1.25 bits per heavy atom. The quantitative estimate of drug-likeness (QED) is 0.211. The van der Waals surface area contributed by atoms with Crippen LogP contribution >= 0.6 is 0 Å². The van der Waals surface area contributed by atoms with Gasteiger partial charge in [-0.25, -0.2) is 9.98 Å². The number of nitrogens with zero attached hydrogens (tertiary/aromatic N) is 8. The van der Waals surface area contributed by atoms with Crippen LogP contribution in [0.3, 0.4) is 0 Å². The number of ether oxygens (including phenoxy) is 2. The Morgan fingerprint density at radius 2 is 2.05 bits per heavy atom. The molecule has 4 aromatic rings. The number of hydrogen-bond acceptors (Lipinski definition) is 10. The first-order chi connectivity index (χ1) is 19.3. The summed E-state index contributed by atoms with van der Waals surface area (Å²) in [4.78, 5) is 25.9. The van der Waals surface area contributed by atoms with Crippen molar-refractivity contribution in [3.05, 3.63) is 59.2 Å². The molecular formula is C26H31N11O3. The second kappa shape index (κ2) is 11.0. The van der Waals surface area contributed by atoms with Gasteiger partial charge in [-0.2, -0.15) is 4.80 Å². The van der Waals surface area contributed by atoms with Crippen molar-refractivity contribution in [1.29, 1.82) is 0 Å². The molecule has 0 atom stereocenters. The van der Waals surface area contributed by atoms with Crippen molar-refractivity contribution in [2.75, 3.05) is 37.9 Å². The van der Waals surface area contributed by atoms with Crippen molar-refractivity contribution in [3.8, 4) is 17.1 Å². The second-order valence-electron chi connectivity index (χ2n) is 9.10. The first kappa shape index (κ1) is 26.6. The van der Waals surface area contributed by atoms with E-state index >= 15 is 0 Å². The molecule has 1 fully saturated rings. The number of para-hydroxylation sites is 1. The number of amidine groups is 1. The van der Waals surface area contributed by atoms with Crippen molar-refractivity contribution in [1.82, 2.24) is 39.9 Å². The maximum Gasteiger partial charge on any atom is 0.277 e. The number of hydrogen-bond donors (Lipinski definition) is 3.